The molecule has 1 aromatic rings. The Labute approximate surface area is 118 Å². The number of rotatable bonds is 6. The lowest BCUT2D eigenvalue weighted by Crippen LogP contribution is -2.43. The Morgan fingerprint density at radius 1 is 1.45 bits per heavy atom. The Hall–Kier alpha value is -1.63. The molecule has 0 spiro atoms. The lowest BCUT2D eigenvalue weighted by molar-refractivity contribution is -0.115. The molecule has 0 aromatic heterocycles. The number of aliphatic hydroxyl groups is 1. The van der Waals surface area contributed by atoms with E-state index in [0.29, 0.717) is 31.9 Å². The van der Waals surface area contributed by atoms with E-state index in [2.05, 4.69) is 10.6 Å². The highest BCUT2D eigenvalue weighted by atomic mass is 16.5. The first-order chi connectivity index (χ1) is 9.61. The predicted molar refractivity (Wildman–Crippen MR) is 74.9 cm³/mol. The number of methoxy groups -OCH3 is 1. The second kappa shape index (κ2) is 6.69. The molecule has 1 unspecified atom stereocenters. The molecule has 1 aromatic carbocycles. The van der Waals surface area contributed by atoms with Gasteiger partial charge in [0, 0.05) is 25.3 Å². The summed E-state index contributed by atoms with van der Waals surface area (Å²) in [5.41, 5.74) is -0.138. The van der Waals surface area contributed by atoms with Gasteiger partial charge in [0.2, 0.25) is 5.91 Å². The van der Waals surface area contributed by atoms with Crippen LogP contribution in [0.15, 0.2) is 24.3 Å². The maximum atomic E-state index is 11.7. The van der Waals surface area contributed by atoms with Crippen LogP contribution >= 0.6 is 0 Å². The fourth-order valence-corrected chi connectivity index (χ4v) is 2.02. The summed E-state index contributed by atoms with van der Waals surface area (Å²) in [5, 5.41) is 15.7. The van der Waals surface area contributed by atoms with Crippen LogP contribution < -0.4 is 15.4 Å². The van der Waals surface area contributed by atoms with Gasteiger partial charge in [-0.25, -0.2) is 0 Å². The SMILES string of the molecule is COc1ccc(NC(=O)CNCC2(O)CCOC2)cc1. The number of carbonyl (C=O) groups is 1. The first-order valence-corrected chi connectivity index (χ1v) is 6.56. The van der Waals surface area contributed by atoms with Gasteiger partial charge in [0.15, 0.2) is 0 Å². The monoisotopic (exact) mass is 280 g/mol. The number of ether oxygens (including phenoxy) is 2. The molecular weight excluding hydrogens is 260 g/mol. The van der Waals surface area contributed by atoms with E-state index >= 15 is 0 Å². The molecule has 0 aliphatic carbocycles. The minimum absolute atomic E-state index is 0.147. The molecule has 0 radical (unpaired) electrons. The average Bonchev–Trinajstić information content (AvgIpc) is 2.86. The van der Waals surface area contributed by atoms with Crippen molar-refractivity contribution < 1.29 is 19.4 Å². The molecule has 0 bridgehead atoms. The Bertz CT molecular complexity index is 441. The Morgan fingerprint density at radius 3 is 2.80 bits per heavy atom. The summed E-state index contributed by atoms with van der Waals surface area (Å²) in [7, 11) is 1.59. The van der Waals surface area contributed by atoms with Gasteiger partial charge in [0.05, 0.1) is 20.3 Å². The van der Waals surface area contributed by atoms with Crippen LogP contribution in [-0.2, 0) is 9.53 Å². The minimum atomic E-state index is -0.847. The smallest absolute Gasteiger partial charge is 0.238 e. The molecule has 1 amide bonds. The number of hydrogen-bond acceptors (Lipinski definition) is 5. The molecule has 1 heterocycles. The molecule has 1 fully saturated rings. The molecule has 6 heteroatoms. The zero-order valence-electron chi connectivity index (χ0n) is 11.5. The zero-order valence-corrected chi connectivity index (χ0v) is 11.5. The Balaban J connectivity index is 1.72. The van der Waals surface area contributed by atoms with Crippen molar-refractivity contribution in [1.82, 2.24) is 5.32 Å². The van der Waals surface area contributed by atoms with Gasteiger partial charge in [-0.2, -0.15) is 0 Å². The van der Waals surface area contributed by atoms with Crippen LogP contribution in [0.25, 0.3) is 0 Å². The van der Waals surface area contributed by atoms with Crippen molar-refractivity contribution in [3.8, 4) is 5.75 Å². The van der Waals surface area contributed by atoms with Crippen LogP contribution in [0.1, 0.15) is 6.42 Å². The van der Waals surface area contributed by atoms with Gasteiger partial charge in [-0.1, -0.05) is 0 Å². The molecule has 1 aliphatic rings. The summed E-state index contributed by atoms with van der Waals surface area (Å²) < 4.78 is 10.2. The number of hydrogen-bond donors (Lipinski definition) is 3. The van der Waals surface area contributed by atoms with Crippen molar-refractivity contribution in [3.63, 3.8) is 0 Å². The molecular formula is C14H20N2O4. The van der Waals surface area contributed by atoms with E-state index in [9.17, 15) is 9.90 Å². The van der Waals surface area contributed by atoms with E-state index in [1.807, 2.05) is 0 Å². The summed E-state index contributed by atoms with van der Waals surface area (Å²) in [6.07, 6.45) is 0.597. The second-order valence-corrected chi connectivity index (χ2v) is 4.91. The molecule has 20 heavy (non-hydrogen) atoms. The molecule has 6 nitrogen and oxygen atoms in total. The third kappa shape index (κ3) is 4.19. The van der Waals surface area contributed by atoms with E-state index in [4.69, 9.17) is 9.47 Å². The standard InChI is InChI=1S/C14H20N2O4/c1-19-12-4-2-11(3-5-12)16-13(17)8-15-9-14(18)6-7-20-10-14/h2-5,15,18H,6-10H2,1H3,(H,16,17). The Morgan fingerprint density at radius 2 is 2.20 bits per heavy atom. The van der Waals surface area contributed by atoms with Gasteiger partial charge in [0.25, 0.3) is 0 Å². The predicted octanol–water partition coefficient (Wildman–Crippen LogP) is 0.375. The van der Waals surface area contributed by atoms with E-state index in [0.717, 1.165) is 5.75 Å². The highest BCUT2D eigenvalue weighted by Gasteiger charge is 2.31. The zero-order chi connectivity index (χ0) is 14.4. The molecule has 1 saturated heterocycles. The normalized spacial score (nSPS) is 21.7. The maximum absolute atomic E-state index is 11.7. The second-order valence-electron chi connectivity index (χ2n) is 4.91. The molecule has 1 aliphatic heterocycles. The lowest BCUT2D eigenvalue weighted by Gasteiger charge is -2.20. The Kier molecular flexibility index (Phi) is 4.94. The average molecular weight is 280 g/mol. The summed E-state index contributed by atoms with van der Waals surface area (Å²) in [6, 6.07) is 7.10. The van der Waals surface area contributed by atoms with Crippen molar-refractivity contribution in [2.24, 2.45) is 0 Å². The maximum Gasteiger partial charge on any atom is 0.238 e. The van der Waals surface area contributed by atoms with Gasteiger partial charge in [-0.15, -0.1) is 0 Å². The highest BCUT2D eigenvalue weighted by molar-refractivity contribution is 5.92. The molecule has 0 saturated carbocycles. The fourth-order valence-electron chi connectivity index (χ4n) is 2.02. The van der Waals surface area contributed by atoms with Gasteiger partial charge < -0.3 is 25.2 Å². The molecule has 1 atom stereocenters. The van der Waals surface area contributed by atoms with Crippen molar-refractivity contribution in [3.05, 3.63) is 24.3 Å². The van der Waals surface area contributed by atoms with Gasteiger partial charge in [-0.3, -0.25) is 4.79 Å². The van der Waals surface area contributed by atoms with Crippen molar-refractivity contribution in [2.75, 3.05) is 38.7 Å². The number of carbonyl (C=O) groups excluding carboxylic acids is 1. The lowest BCUT2D eigenvalue weighted by atomic mass is 10.0. The fraction of sp³-hybridized carbons (Fsp3) is 0.500. The molecule has 110 valence electrons. The quantitative estimate of drug-likeness (QED) is 0.702. The van der Waals surface area contributed by atoms with Crippen LogP contribution in [0.3, 0.4) is 0 Å². The minimum Gasteiger partial charge on any atom is -0.497 e. The summed E-state index contributed by atoms with van der Waals surface area (Å²) in [5.74, 6) is 0.585. The van der Waals surface area contributed by atoms with E-state index < -0.39 is 5.60 Å². The van der Waals surface area contributed by atoms with Crippen LogP contribution in [0, 0.1) is 0 Å². The first kappa shape index (κ1) is 14.8. The third-order valence-electron chi connectivity index (χ3n) is 3.20. The van der Waals surface area contributed by atoms with Crippen LogP contribution in [0.5, 0.6) is 5.75 Å². The third-order valence-corrected chi connectivity index (χ3v) is 3.20. The summed E-state index contributed by atoms with van der Waals surface area (Å²) in [4.78, 5) is 11.7. The molecule has 2 rings (SSSR count). The van der Waals surface area contributed by atoms with Gasteiger partial charge in [0.1, 0.15) is 11.4 Å². The summed E-state index contributed by atoms with van der Waals surface area (Å²) >= 11 is 0. The van der Waals surface area contributed by atoms with Crippen molar-refractivity contribution in [1.29, 1.82) is 0 Å². The van der Waals surface area contributed by atoms with Crippen LogP contribution in [0.2, 0.25) is 0 Å². The first-order valence-electron chi connectivity index (χ1n) is 6.56. The largest absolute Gasteiger partial charge is 0.497 e. The topological polar surface area (TPSA) is 79.8 Å². The van der Waals surface area contributed by atoms with E-state index in [1.165, 1.54) is 0 Å². The van der Waals surface area contributed by atoms with E-state index in [1.54, 1.807) is 31.4 Å². The van der Waals surface area contributed by atoms with Crippen molar-refractivity contribution in [2.45, 2.75) is 12.0 Å². The summed E-state index contributed by atoms with van der Waals surface area (Å²) in [6.45, 7) is 1.38. The van der Waals surface area contributed by atoms with Crippen molar-refractivity contribution >= 4 is 11.6 Å². The van der Waals surface area contributed by atoms with Crippen LogP contribution in [0.4, 0.5) is 5.69 Å². The van der Waals surface area contributed by atoms with Gasteiger partial charge in [-0.05, 0) is 24.3 Å². The van der Waals surface area contributed by atoms with E-state index in [-0.39, 0.29) is 12.5 Å². The van der Waals surface area contributed by atoms with Crippen LogP contribution in [-0.4, -0.2) is 50.0 Å². The number of benzene rings is 1. The number of anilines is 1. The van der Waals surface area contributed by atoms with Gasteiger partial charge >= 0.3 is 0 Å². The molecule has 3 N–H and O–H groups in total. The number of nitrogens with one attached hydrogen (secondary N) is 2. The number of amides is 1. The highest BCUT2D eigenvalue weighted by Crippen LogP contribution is 2.17.